The predicted octanol–water partition coefficient (Wildman–Crippen LogP) is 3.27. The Morgan fingerprint density at radius 2 is 1.95 bits per heavy atom. The summed E-state index contributed by atoms with van der Waals surface area (Å²) in [6, 6.07) is 14.9. The van der Waals surface area contributed by atoms with Gasteiger partial charge in [-0.05, 0) is 13.0 Å². The second kappa shape index (κ2) is 6.25. The number of quaternary nitrogens is 1. The van der Waals surface area contributed by atoms with E-state index in [1.807, 2.05) is 30.5 Å². The van der Waals surface area contributed by atoms with E-state index in [0.29, 0.717) is 5.69 Å². The van der Waals surface area contributed by atoms with Crippen molar-refractivity contribution in [3.8, 4) is 11.3 Å². The number of nitrogens with zero attached hydrogens (tertiary/aromatic N) is 1. The predicted molar refractivity (Wildman–Crippen MR) is 87.8 cm³/mol. The Balaban J connectivity index is 1.79. The van der Waals surface area contributed by atoms with Gasteiger partial charge in [-0.2, -0.15) is 5.23 Å². The topological polar surface area (TPSA) is 72.7 Å². The lowest BCUT2D eigenvalue weighted by Crippen LogP contribution is -2.99. The maximum atomic E-state index is 11.0. The summed E-state index contributed by atoms with van der Waals surface area (Å²) in [5.74, 6) is 0. The molecule has 1 aromatic heterocycles. The molecular formula is C16H15N3O2S. The zero-order valence-corrected chi connectivity index (χ0v) is 12.7. The first-order chi connectivity index (χ1) is 10.6. The van der Waals surface area contributed by atoms with Crippen molar-refractivity contribution in [3.63, 3.8) is 0 Å². The van der Waals surface area contributed by atoms with Crippen LogP contribution < -0.4 is 10.5 Å². The summed E-state index contributed by atoms with van der Waals surface area (Å²) < 4.78 is 0. The highest BCUT2D eigenvalue weighted by Crippen LogP contribution is 2.27. The van der Waals surface area contributed by atoms with Crippen LogP contribution in [0, 0.1) is 12.1 Å². The van der Waals surface area contributed by atoms with Crippen molar-refractivity contribution in [1.82, 2.24) is 4.98 Å². The van der Waals surface area contributed by atoms with E-state index in [2.05, 4.69) is 22.4 Å². The first kappa shape index (κ1) is 14.7. The molecule has 0 amide bonds. The molecule has 0 saturated carbocycles. The molecule has 0 aliphatic heterocycles. The summed E-state index contributed by atoms with van der Waals surface area (Å²) in [5.41, 5.74) is 4.14. The average molecular weight is 313 g/mol. The fraction of sp³-hybridized carbons (Fsp3) is 0.0625. The molecule has 3 aromatic rings. The van der Waals surface area contributed by atoms with Gasteiger partial charge in [-0.3, -0.25) is 0 Å². The average Bonchev–Trinajstić information content (AvgIpc) is 2.96. The van der Waals surface area contributed by atoms with Crippen molar-refractivity contribution in [2.24, 2.45) is 0 Å². The van der Waals surface area contributed by atoms with E-state index >= 15 is 0 Å². The van der Waals surface area contributed by atoms with Crippen LogP contribution in [0.5, 0.6) is 0 Å². The summed E-state index contributed by atoms with van der Waals surface area (Å²) >= 11 is 1.49. The Morgan fingerprint density at radius 3 is 2.68 bits per heavy atom. The number of hydrogen-bond acceptors (Lipinski definition) is 5. The molecule has 3 N–H and O–H groups in total. The zero-order valence-electron chi connectivity index (χ0n) is 11.9. The second-order valence-electron chi connectivity index (χ2n) is 4.91. The standard InChI is InChI=1S/C16H15N3O2S/c1-11-5-7-12(8-6-11)15-10-22-16(18-15)17-13-3-2-4-14(9-13)19(20)21/h2-10,19-20H,1H3,(H,17,18). The van der Waals surface area contributed by atoms with Gasteiger partial charge in [0, 0.05) is 28.8 Å². The number of thiazole rings is 1. The molecule has 1 unspecified atom stereocenters. The van der Waals surface area contributed by atoms with Crippen LogP contribution in [0.2, 0.25) is 0 Å². The van der Waals surface area contributed by atoms with E-state index in [1.165, 1.54) is 16.9 Å². The molecular weight excluding hydrogens is 298 g/mol. The van der Waals surface area contributed by atoms with E-state index in [-0.39, 0.29) is 5.69 Å². The SMILES string of the molecule is Cc1ccc(-c2csc(Nc3cccc([NH+]([O-])O)c3)n2)cc1. The minimum Gasteiger partial charge on any atom is -0.595 e. The monoisotopic (exact) mass is 313 g/mol. The lowest BCUT2D eigenvalue weighted by molar-refractivity contribution is -0.991. The summed E-state index contributed by atoms with van der Waals surface area (Å²) in [6.07, 6.45) is 0. The summed E-state index contributed by atoms with van der Waals surface area (Å²) in [5, 5.41) is 24.9. The quantitative estimate of drug-likeness (QED) is 0.646. The Morgan fingerprint density at radius 1 is 1.18 bits per heavy atom. The second-order valence-corrected chi connectivity index (χ2v) is 5.77. The molecule has 3 rings (SSSR count). The molecule has 0 aliphatic rings. The fourth-order valence-corrected chi connectivity index (χ4v) is 2.78. The van der Waals surface area contributed by atoms with E-state index in [9.17, 15) is 5.21 Å². The van der Waals surface area contributed by atoms with Gasteiger partial charge < -0.3 is 10.5 Å². The first-order valence-electron chi connectivity index (χ1n) is 6.75. The van der Waals surface area contributed by atoms with Crippen LogP contribution in [-0.4, -0.2) is 10.2 Å². The number of hydrogen-bond donors (Lipinski definition) is 3. The van der Waals surface area contributed by atoms with Gasteiger partial charge in [0.1, 0.15) is 0 Å². The van der Waals surface area contributed by atoms with Crippen molar-refractivity contribution < 1.29 is 10.4 Å². The highest BCUT2D eigenvalue weighted by molar-refractivity contribution is 7.14. The highest BCUT2D eigenvalue weighted by Gasteiger charge is 2.06. The third-order valence-electron chi connectivity index (χ3n) is 3.21. The third kappa shape index (κ3) is 3.32. The van der Waals surface area contributed by atoms with Gasteiger partial charge in [0.2, 0.25) is 0 Å². The minimum atomic E-state index is -0.942. The lowest BCUT2D eigenvalue weighted by Gasteiger charge is -2.12. The van der Waals surface area contributed by atoms with Gasteiger partial charge in [-0.25, -0.2) is 10.2 Å². The molecule has 0 radical (unpaired) electrons. The summed E-state index contributed by atoms with van der Waals surface area (Å²) in [7, 11) is 0. The fourth-order valence-electron chi connectivity index (χ4n) is 2.04. The molecule has 1 heterocycles. The smallest absolute Gasteiger partial charge is 0.187 e. The molecule has 112 valence electrons. The van der Waals surface area contributed by atoms with Gasteiger partial charge in [-0.1, -0.05) is 35.9 Å². The normalized spacial score (nSPS) is 12.1. The first-order valence-corrected chi connectivity index (χ1v) is 7.63. The Bertz CT molecular complexity index is 769. The summed E-state index contributed by atoms with van der Waals surface area (Å²) in [4.78, 5) is 4.54. The molecule has 5 nitrogen and oxygen atoms in total. The maximum Gasteiger partial charge on any atom is 0.187 e. The van der Waals surface area contributed by atoms with Gasteiger partial charge >= 0.3 is 0 Å². The molecule has 2 aromatic carbocycles. The number of aromatic nitrogens is 1. The lowest BCUT2D eigenvalue weighted by atomic mass is 10.1. The molecule has 0 saturated heterocycles. The number of aryl methyl sites for hydroxylation is 1. The van der Waals surface area contributed by atoms with Crippen molar-refractivity contribution in [2.75, 3.05) is 5.32 Å². The highest BCUT2D eigenvalue weighted by atomic mass is 32.1. The van der Waals surface area contributed by atoms with Crippen LogP contribution in [0.1, 0.15) is 5.56 Å². The van der Waals surface area contributed by atoms with Gasteiger partial charge in [-0.15, -0.1) is 11.3 Å². The van der Waals surface area contributed by atoms with Crippen LogP contribution in [0.25, 0.3) is 11.3 Å². The largest absolute Gasteiger partial charge is 0.595 e. The molecule has 22 heavy (non-hydrogen) atoms. The van der Waals surface area contributed by atoms with E-state index in [1.54, 1.807) is 18.2 Å². The van der Waals surface area contributed by atoms with Crippen molar-refractivity contribution in [1.29, 1.82) is 0 Å². The molecule has 0 bridgehead atoms. The van der Waals surface area contributed by atoms with Crippen molar-refractivity contribution in [3.05, 3.63) is 64.7 Å². The van der Waals surface area contributed by atoms with Crippen LogP contribution in [0.3, 0.4) is 0 Å². The molecule has 0 aliphatic carbocycles. The third-order valence-corrected chi connectivity index (χ3v) is 3.97. The molecule has 1 atom stereocenters. The number of anilines is 2. The van der Waals surface area contributed by atoms with Gasteiger partial charge in [0.25, 0.3) is 0 Å². The summed E-state index contributed by atoms with van der Waals surface area (Å²) in [6.45, 7) is 2.05. The Hall–Kier alpha value is -2.25. The van der Waals surface area contributed by atoms with Crippen LogP contribution in [-0.2, 0) is 0 Å². The van der Waals surface area contributed by atoms with Crippen LogP contribution >= 0.6 is 11.3 Å². The van der Waals surface area contributed by atoms with E-state index in [4.69, 9.17) is 5.21 Å². The number of benzene rings is 2. The van der Waals surface area contributed by atoms with E-state index in [0.717, 1.165) is 16.4 Å². The molecule has 6 heteroatoms. The molecule has 0 fully saturated rings. The minimum absolute atomic E-state index is 0.250. The van der Waals surface area contributed by atoms with Gasteiger partial charge in [0.05, 0.1) is 5.69 Å². The van der Waals surface area contributed by atoms with Crippen LogP contribution in [0.4, 0.5) is 16.5 Å². The number of nitrogens with one attached hydrogen (secondary N) is 2. The van der Waals surface area contributed by atoms with Crippen LogP contribution in [0.15, 0.2) is 53.9 Å². The molecule has 0 spiro atoms. The van der Waals surface area contributed by atoms with Crippen molar-refractivity contribution in [2.45, 2.75) is 6.92 Å². The number of rotatable bonds is 4. The van der Waals surface area contributed by atoms with E-state index < -0.39 is 5.23 Å². The zero-order chi connectivity index (χ0) is 15.5. The Labute approximate surface area is 132 Å². The van der Waals surface area contributed by atoms with Gasteiger partial charge in [0.15, 0.2) is 10.8 Å². The maximum absolute atomic E-state index is 11.0. The van der Waals surface area contributed by atoms with Crippen molar-refractivity contribution >= 4 is 27.8 Å². The Kier molecular flexibility index (Phi) is 4.17.